The Kier molecular flexibility index (Phi) is 5.82. The largest absolute Gasteiger partial charge is 0.349 e. The van der Waals surface area contributed by atoms with Crippen LogP contribution in [0.15, 0.2) is 48.5 Å². The summed E-state index contributed by atoms with van der Waals surface area (Å²) in [5.41, 5.74) is 1.03. The molecule has 0 radical (unpaired) electrons. The van der Waals surface area contributed by atoms with Crippen molar-refractivity contribution in [2.24, 2.45) is 0 Å². The van der Waals surface area contributed by atoms with Crippen molar-refractivity contribution in [2.45, 2.75) is 38.1 Å². The van der Waals surface area contributed by atoms with E-state index >= 15 is 0 Å². The Labute approximate surface area is 154 Å². The van der Waals surface area contributed by atoms with Crippen molar-refractivity contribution in [3.05, 3.63) is 54.1 Å². The third-order valence-corrected chi connectivity index (χ3v) is 5.30. The van der Waals surface area contributed by atoms with Gasteiger partial charge in [0.15, 0.2) is 5.11 Å². The SMILES string of the molecule is CN(C(=S)NC(=O)/C=C\c1cccc2ccccc12)C1CCCCC1. The van der Waals surface area contributed by atoms with E-state index in [0.717, 1.165) is 29.2 Å². The Morgan fingerprint density at radius 1 is 1.12 bits per heavy atom. The Bertz CT molecular complexity index is 788. The third kappa shape index (κ3) is 4.45. The Morgan fingerprint density at radius 2 is 1.84 bits per heavy atom. The van der Waals surface area contributed by atoms with Gasteiger partial charge in [-0.05, 0) is 47.5 Å². The predicted octanol–water partition coefficient (Wildman–Crippen LogP) is 4.52. The van der Waals surface area contributed by atoms with Crippen LogP contribution in [0.2, 0.25) is 0 Å². The lowest BCUT2D eigenvalue weighted by Crippen LogP contribution is -2.45. The normalized spacial score (nSPS) is 15.4. The van der Waals surface area contributed by atoms with Crippen molar-refractivity contribution in [3.8, 4) is 0 Å². The second kappa shape index (κ2) is 8.26. The second-order valence-corrected chi connectivity index (χ2v) is 6.99. The first-order chi connectivity index (χ1) is 12.1. The first-order valence-electron chi connectivity index (χ1n) is 8.89. The van der Waals surface area contributed by atoms with Crippen molar-refractivity contribution in [1.29, 1.82) is 0 Å². The van der Waals surface area contributed by atoms with Gasteiger partial charge in [0.25, 0.3) is 0 Å². The molecular weight excluding hydrogens is 328 g/mol. The Morgan fingerprint density at radius 3 is 2.64 bits per heavy atom. The monoisotopic (exact) mass is 352 g/mol. The highest BCUT2D eigenvalue weighted by molar-refractivity contribution is 7.80. The van der Waals surface area contributed by atoms with Crippen molar-refractivity contribution in [3.63, 3.8) is 0 Å². The molecule has 130 valence electrons. The molecule has 1 saturated carbocycles. The lowest BCUT2D eigenvalue weighted by Gasteiger charge is -2.32. The lowest BCUT2D eigenvalue weighted by molar-refractivity contribution is -0.115. The second-order valence-electron chi connectivity index (χ2n) is 6.60. The topological polar surface area (TPSA) is 32.3 Å². The molecule has 2 aromatic carbocycles. The molecule has 25 heavy (non-hydrogen) atoms. The van der Waals surface area contributed by atoms with Crippen LogP contribution < -0.4 is 5.32 Å². The molecule has 0 atom stereocenters. The number of benzene rings is 2. The summed E-state index contributed by atoms with van der Waals surface area (Å²) in [6.07, 6.45) is 9.50. The van der Waals surface area contributed by atoms with E-state index in [1.807, 2.05) is 42.3 Å². The van der Waals surface area contributed by atoms with Gasteiger partial charge in [-0.3, -0.25) is 10.1 Å². The van der Waals surface area contributed by atoms with Crippen molar-refractivity contribution in [2.75, 3.05) is 7.05 Å². The number of fused-ring (bicyclic) bond motifs is 1. The fourth-order valence-electron chi connectivity index (χ4n) is 3.43. The number of rotatable bonds is 3. The molecule has 2 aromatic rings. The quantitative estimate of drug-likeness (QED) is 0.651. The van der Waals surface area contributed by atoms with Crippen LogP contribution in [0.1, 0.15) is 37.7 Å². The molecular formula is C21H24N2OS. The van der Waals surface area contributed by atoms with Crippen molar-refractivity contribution < 1.29 is 4.79 Å². The fraction of sp³-hybridized carbons (Fsp3) is 0.333. The molecule has 0 bridgehead atoms. The number of carbonyl (C=O) groups is 1. The van der Waals surface area contributed by atoms with Gasteiger partial charge >= 0.3 is 0 Å². The highest BCUT2D eigenvalue weighted by Crippen LogP contribution is 2.22. The average molecular weight is 353 g/mol. The summed E-state index contributed by atoms with van der Waals surface area (Å²) in [5.74, 6) is -0.180. The van der Waals surface area contributed by atoms with Gasteiger partial charge in [0.05, 0.1) is 0 Å². The van der Waals surface area contributed by atoms with Gasteiger partial charge in [-0.2, -0.15) is 0 Å². The molecule has 0 aromatic heterocycles. The summed E-state index contributed by atoms with van der Waals surface area (Å²) in [6, 6.07) is 14.7. The number of nitrogens with one attached hydrogen (secondary N) is 1. The standard InChI is InChI=1S/C21H24N2OS/c1-23(18-11-3-2-4-12-18)21(25)22-20(24)15-14-17-10-7-9-16-8-5-6-13-19(16)17/h5-10,13-15,18H,2-4,11-12H2,1H3,(H,22,24,25)/b15-14-. The van der Waals surface area contributed by atoms with E-state index in [4.69, 9.17) is 12.2 Å². The molecule has 0 spiro atoms. The van der Waals surface area contributed by atoms with Gasteiger partial charge in [0.1, 0.15) is 0 Å². The van der Waals surface area contributed by atoms with Crippen LogP contribution in [0, 0.1) is 0 Å². The van der Waals surface area contributed by atoms with Crippen molar-refractivity contribution >= 4 is 40.1 Å². The minimum atomic E-state index is -0.180. The smallest absolute Gasteiger partial charge is 0.250 e. The van der Waals surface area contributed by atoms with Gasteiger partial charge in [-0.25, -0.2) is 0 Å². The summed E-state index contributed by atoms with van der Waals surface area (Å²) < 4.78 is 0. The van der Waals surface area contributed by atoms with Gasteiger partial charge < -0.3 is 4.90 Å². The van der Waals surface area contributed by atoms with Crippen LogP contribution in [0.3, 0.4) is 0 Å². The van der Waals surface area contributed by atoms with Crippen molar-refractivity contribution in [1.82, 2.24) is 10.2 Å². The number of amides is 1. The fourth-order valence-corrected chi connectivity index (χ4v) is 3.68. The zero-order chi connectivity index (χ0) is 17.6. The number of hydrogen-bond donors (Lipinski definition) is 1. The average Bonchev–Trinajstić information content (AvgIpc) is 2.66. The Hall–Kier alpha value is -2.20. The molecule has 1 aliphatic rings. The summed E-state index contributed by atoms with van der Waals surface area (Å²) in [7, 11) is 1.98. The molecule has 1 amide bonds. The molecule has 3 rings (SSSR count). The van der Waals surface area contributed by atoms with E-state index < -0.39 is 0 Å². The minimum absolute atomic E-state index is 0.180. The van der Waals surface area contributed by atoms with Gasteiger partial charge in [0, 0.05) is 19.2 Å². The minimum Gasteiger partial charge on any atom is -0.349 e. The number of hydrogen-bond acceptors (Lipinski definition) is 2. The molecule has 0 unspecified atom stereocenters. The Balaban J connectivity index is 1.63. The van der Waals surface area contributed by atoms with E-state index in [9.17, 15) is 4.79 Å². The van der Waals surface area contributed by atoms with Crippen LogP contribution in [-0.2, 0) is 4.79 Å². The van der Waals surface area contributed by atoms with E-state index in [0.29, 0.717) is 11.2 Å². The van der Waals surface area contributed by atoms with Crippen LogP contribution in [0.5, 0.6) is 0 Å². The summed E-state index contributed by atoms with van der Waals surface area (Å²) >= 11 is 5.40. The zero-order valence-corrected chi connectivity index (χ0v) is 15.4. The van der Waals surface area contributed by atoms with Gasteiger partial charge in [-0.1, -0.05) is 61.7 Å². The summed E-state index contributed by atoms with van der Waals surface area (Å²) in [5, 5.41) is 5.64. The number of carbonyl (C=O) groups excluding carboxylic acids is 1. The zero-order valence-electron chi connectivity index (χ0n) is 14.6. The summed E-state index contributed by atoms with van der Waals surface area (Å²) in [4.78, 5) is 14.3. The molecule has 3 nitrogen and oxygen atoms in total. The van der Waals surface area contributed by atoms with Gasteiger partial charge in [0.2, 0.25) is 5.91 Å². The first kappa shape index (κ1) is 17.6. The highest BCUT2D eigenvalue weighted by atomic mass is 32.1. The predicted molar refractivity (Wildman–Crippen MR) is 108 cm³/mol. The number of thiocarbonyl (C=S) groups is 1. The highest BCUT2D eigenvalue weighted by Gasteiger charge is 2.20. The van der Waals surface area contributed by atoms with Crippen LogP contribution in [0.4, 0.5) is 0 Å². The maximum Gasteiger partial charge on any atom is 0.250 e. The maximum absolute atomic E-state index is 12.2. The van der Waals surface area contributed by atoms with Crippen LogP contribution >= 0.6 is 12.2 Å². The first-order valence-corrected chi connectivity index (χ1v) is 9.29. The van der Waals surface area contributed by atoms with E-state index in [2.05, 4.69) is 23.5 Å². The van der Waals surface area contributed by atoms with E-state index in [1.165, 1.54) is 19.3 Å². The maximum atomic E-state index is 12.2. The third-order valence-electron chi connectivity index (χ3n) is 4.91. The molecule has 0 aliphatic heterocycles. The molecule has 0 saturated heterocycles. The molecule has 4 heteroatoms. The molecule has 0 heterocycles. The van der Waals surface area contributed by atoms with Crippen LogP contribution in [-0.4, -0.2) is 29.0 Å². The lowest BCUT2D eigenvalue weighted by atomic mass is 9.95. The van der Waals surface area contributed by atoms with E-state index in [-0.39, 0.29) is 5.91 Å². The van der Waals surface area contributed by atoms with E-state index in [1.54, 1.807) is 6.08 Å². The van der Waals surface area contributed by atoms with Crippen LogP contribution in [0.25, 0.3) is 16.8 Å². The molecule has 1 fully saturated rings. The van der Waals surface area contributed by atoms with Gasteiger partial charge in [-0.15, -0.1) is 0 Å². The molecule has 1 N–H and O–H groups in total. The molecule has 1 aliphatic carbocycles. The summed E-state index contributed by atoms with van der Waals surface area (Å²) in [6.45, 7) is 0. The number of nitrogens with zero attached hydrogens (tertiary/aromatic N) is 1.